The zero-order chi connectivity index (χ0) is 19.0. The van der Waals surface area contributed by atoms with Crippen LogP contribution in [0.2, 0.25) is 0 Å². The monoisotopic (exact) mass is 383 g/mol. The third kappa shape index (κ3) is 3.19. The van der Waals surface area contributed by atoms with E-state index in [1.54, 1.807) is 13.2 Å². The molecule has 0 atom stereocenters. The molecule has 0 bridgehead atoms. The molecule has 5 nitrogen and oxygen atoms in total. The topological polar surface area (TPSA) is 48.7 Å². The minimum atomic E-state index is -0.368. The van der Waals surface area contributed by atoms with E-state index in [-0.39, 0.29) is 11.6 Å². The summed E-state index contributed by atoms with van der Waals surface area (Å²) in [6.45, 7) is 2.05. The normalized spacial score (nSPS) is 11.3. The van der Waals surface area contributed by atoms with Gasteiger partial charge in [0.15, 0.2) is 22.4 Å². The van der Waals surface area contributed by atoms with Gasteiger partial charge >= 0.3 is 0 Å². The van der Waals surface area contributed by atoms with Gasteiger partial charge in [0.05, 0.1) is 19.7 Å². The lowest BCUT2D eigenvalue weighted by atomic mass is 10.1. The third-order valence-electron chi connectivity index (χ3n) is 4.46. The average molecular weight is 383 g/mol. The molecule has 0 unspecified atom stereocenters. The molecular weight excluding hydrogens is 365 g/mol. The maximum atomic E-state index is 13.9. The predicted octanol–water partition coefficient (Wildman–Crippen LogP) is 4.64. The molecule has 0 fully saturated rings. The maximum absolute atomic E-state index is 13.9. The van der Waals surface area contributed by atoms with Crippen molar-refractivity contribution in [3.63, 3.8) is 0 Å². The Hall–Kier alpha value is -2.80. The van der Waals surface area contributed by atoms with Gasteiger partial charge in [0.2, 0.25) is 0 Å². The highest BCUT2D eigenvalue weighted by atomic mass is 32.2. The van der Waals surface area contributed by atoms with Crippen LogP contribution in [0.5, 0.6) is 11.5 Å². The van der Waals surface area contributed by atoms with Gasteiger partial charge in [-0.3, -0.25) is 4.40 Å². The number of nitrogens with zero attached hydrogens (tertiary/aromatic N) is 3. The fraction of sp³-hybridized carbons (Fsp3) is 0.200. The highest BCUT2D eigenvalue weighted by molar-refractivity contribution is 7.98. The van der Waals surface area contributed by atoms with Crippen LogP contribution in [0.3, 0.4) is 0 Å². The minimum Gasteiger partial charge on any atom is -0.497 e. The third-order valence-corrected chi connectivity index (χ3v) is 5.46. The summed E-state index contributed by atoms with van der Waals surface area (Å²) in [5.74, 6) is 1.22. The van der Waals surface area contributed by atoms with Gasteiger partial charge in [-0.2, -0.15) is 0 Å². The number of aromatic nitrogens is 3. The number of benzene rings is 2. The average Bonchev–Trinajstić information content (AvgIpc) is 3.09. The van der Waals surface area contributed by atoms with Crippen LogP contribution in [0, 0.1) is 12.7 Å². The summed E-state index contributed by atoms with van der Waals surface area (Å²) in [4.78, 5) is 0. The molecule has 0 aliphatic rings. The van der Waals surface area contributed by atoms with Crippen molar-refractivity contribution in [2.75, 3.05) is 14.2 Å². The van der Waals surface area contributed by atoms with E-state index in [2.05, 4.69) is 17.1 Å². The minimum absolute atomic E-state index is 0.241. The van der Waals surface area contributed by atoms with Gasteiger partial charge in [0.1, 0.15) is 5.75 Å². The molecule has 2 aromatic carbocycles. The Morgan fingerprint density at radius 2 is 1.89 bits per heavy atom. The van der Waals surface area contributed by atoms with Crippen LogP contribution in [-0.4, -0.2) is 28.8 Å². The fourth-order valence-electron chi connectivity index (χ4n) is 3.07. The van der Waals surface area contributed by atoms with Crippen LogP contribution in [0.25, 0.3) is 16.6 Å². The molecule has 4 aromatic rings. The maximum Gasteiger partial charge on any atom is 0.196 e. The van der Waals surface area contributed by atoms with Crippen molar-refractivity contribution < 1.29 is 13.9 Å². The highest BCUT2D eigenvalue weighted by Crippen LogP contribution is 2.30. The largest absolute Gasteiger partial charge is 0.497 e. The van der Waals surface area contributed by atoms with Gasteiger partial charge in [-0.1, -0.05) is 17.8 Å². The molecule has 138 valence electrons. The molecule has 0 N–H and O–H groups in total. The first-order chi connectivity index (χ1) is 13.1. The van der Waals surface area contributed by atoms with Crippen molar-refractivity contribution in [2.45, 2.75) is 17.8 Å². The molecule has 0 saturated heterocycles. The van der Waals surface area contributed by atoms with Crippen LogP contribution >= 0.6 is 11.8 Å². The molecule has 27 heavy (non-hydrogen) atoms. The number of aryl methyl sites for hydroxylation is 1. The molecule has 0 spiro atoms. The van der Waals surface area contributed by atoms with E-state index >= 15 is 0 Å². The Kier molecular flexibility index (Phi) is 4.61. The molecule has 4 rings (SSSR count). The van der Waals surface area contributed by atoms with Gasteiger partial charge in [-0.05, 0) is 48.4 Å². The summed E-state index contributed by atoms with van der Waals surface area (Å²) in [5, 5.41) is 10.5. The van der Waals surface area contributed by atoms with E-state index in [0.29, 0.717) is 5.75 Å². The van der Waals surface area contributed by atoms with Gasteiger partial charge in [-0.15, -0.1) is 10.2 Å². The number of fused-ring (bicyclic) bond motifs is 3. The number of ether oxygens (including phenoxy) is 2. The van der Waals surface area contributed by atoms with Crippen LogP contribution in [0.4, 0.5) is 4.39 Å². The van der Waals surface area contributed by atoms with E-state index in [9.17, 15) is 4.39 Å². The first-order valence-corrected chi connectivity index (χ1v) is 9.37. The molecule has 7 heteroatoms. The summed E-state index contributed by atoms with van der Waals surface area (Å²) in [5.41, 5.74) is 3.74. The van der Waals surface area contributed by atoms with Crippen LogP contribution in [0.15, 0.2) is 47.6 Å². The van der Waals surface area contributed by atoms with E-state index in [4.69, 9.17) is 9.47 Å². The number of rotatable bonds is 5. The predicted molar refractivity (Wildman–Crippen MR) is 104 cm³/mol. The van der Waals surface area contributed by atoms with Crippen molar-refractivity contribution in [3.8, 4) is 11.5 Å². The molecule has 0 aliphatic carbocycles. The number of hydrogen-bond acceptors (Lipinski definition) is 5. The van der Waals surface area contributed by atoms with E-state index in [0.717, 1.165) is 38.6 Å². The van der Waals surface area contributed by atoms with Gasteiger partial charge in [0, 0.05) is 17.2 Å². The molecule has 2 heterocycles. The summed E-state index contributed by atoms with van der Waals surface area (Å²) in [6.07, 6.45) is 0. The van der Waals surface area contributed by atoms with Crippen molar-refractivity contribution in [2.24, 2.45) is 0 Å². The second-order valence-corrected chi connectivity index (χ2v) is 7.09. The molecule has 0 amide bonds. The van der Waals surface area contributed by atoms with Crippen LogP contribution < -0.4 is 9.47 Å². The van der Waals surface area contributed by atoms with Gasteiger partial charge in [-0.25, -0.2) is 4.39 Å². The summed E-state index contributed by atoms with van der Waals surface area (Å²) in [7, 11) is 3.10. The number of methoxy groups -OCH3 is 2. The molecule has 2 aromatic heterocycles. The van der Waals surface area contributed by atoms with E-state index < -0.39 is 0 Å². The van der Waals surface area contributed by atoms with E-state index in [1.807, 2.05) is 34.7 Å². The molecule has 0 aliphatic heterocycles. The summed E-state index contributed by atoms with van der Waals surface area (Å²) >= 11 is 1.51. The SMILES string of the molecule is COc1ccc2c(C)cc3nnc(SCc4ccc(OC)c(F)c4)n3c2c1. The first kappa shape index (κ1) is 17.6. The Balaban J connectivity index is 1.74. The zero-order valence-electron chi connectivity index (χ0n) is 15.2. The summed E-state index contributed by atoms with van der Waals surface area (Å²) < 4.78 is 26.3. The Labute approximate surface area is 160 Å². The lowest BCUT2D eigenvalue weighted by molar-refractivity contribution is 0.386. The number of pyridine rings is 1. The number of hydrogen-bond donors (Lipinski definition) is 0. The Morgan fingerprint density at radius 3 is 2.63 bits per heavy atom. The van der Waals surface area contributed by atoms with E-state index in [1.165, 1.54) is 24.9 Å². The van der Waals surface area contributed by atoms with Crippen LogP contribution in [-0.2, 0) is 5.75 Å². The Bertz CT molecular complexity index is 1140. The Morgan fingerprint density at radius 1 is 1.04 bits per heavy atom. The lowest BCUT2D eigenvalue weighted by Gasteiger charge is -2.09. The van der Waals surface area contributed by atoms with Crippen molar-refractivity contribution >= 4 is 28.3 Å². The fourth-order valence-corrected chi connectivity index (χ4v) is 3.97. The second kappa shape index (κ2) is 7.08. The van der Waals surface area contributed by atoms with Gasteiger partial charge in [0.25, 0.3) is 0 Å². The van der Waals surface area contributed by atoms with Crippen molar-refractivity contribution in [3.05, 3.63) is 59.4 Å². The first-order valence-electron chi connectivity index (χ1n) is 8.38. The number of halogens is 1. The molecule has 0 saturated carbocycles. The van der Waals surface area contributed by atoms with Crippen molar-refractivity contribution in [1.29, 1.82) is 0 Å². The second-order valence-electron chi connectivity index (χ2n) is 6.14. The summed E-state index contributed by atoms with van der Waals surface area (Å²) in [6, 6.07) is 12.9. The number of thioether (sulfide) groups is 1. The van der Waals surface area contributed by atoms with Crippen LogP contribution in [0.1, 0.15) is 11.1 Å². The standard InChI is InChI=1S/C20H18FN3O2S/c1-12-8-19-22-23-20(24(19)17-10-14(25-2)5-6-15(12)17)27-11-13-4-7-18(26-3)16(21)9-13/h4-10H,11H2,1-3H3. The molecule has 0 radical (unpaired) electrons. The molecular formula is C20H18FN3O2S. The zero-order valence-corrected chi connectivity index (χ0v) is 16.0. The van der Waals surface area contributed by atoms with Gasteiger partial charge < -0.3 is 9.47 Å². The quantitative estimate of drug-likeness (QED) is 0.470. The lowest BCUT2D eigenvalue weighted by Crippen LogP contribution is -1.95. The van der Waals surface area contributed by atoms with Crippen molar-refractivity contribution in [1.82, 2.24) is 14.6 Å². The highest BCUT2D eigenvalue weighted by Gasteiger charge is 2.13. The smallest absolute Gasteiger partial charge is 0.196 e.